The van der Waals surface area contributed by atoms with Crippen molar-refractivity contribution in [3.05, 3.63) is 36.5 Å². The molecule has 0 unspecified atom stereocenters. The Morgan fingerprint density at radius 1 is 1.15 bits per heavy atom. The Morgan fingerprint density at radius 3 is 2.50 bits per heavy atom. The van der Waals surface area contributed by atoms with Gasteiger partial charge in [0.2, 0.25) is 0 Å². The lowest BCUT2D eigenvalue weighted by Crippen LogP contribution is -2.25. The van der Waals surface area contributed by atoms with E-state index in [2.05, 4.69) is 25.9 Å². The molecule has 0 spiro atoms. The van der Waals surface area contributed by atoms with E-state index in [4.69, 9.17) is 0 Å². The van der Waals surface area contributed by atoms with Gasteiger partial charge in [0, 0.05) is 24.6 Å². The summed E-state index contributed by atoms with van der Waals surface area (Å²) in [5.74, 6) is 3.69. The lowest BCUT2D eigenvalue weighted by atomic mass is 10.1. The third kappa shape index (κ3) is 2.19. The summed E-state index contributed by atoms with van der Waals surface area (Å²) in [5, 5.41) is 3.78. The van der Waals surface area contributed by atoms with Crippen molar-refractivity contribution in [3.63, 3.8) is 0 Å². The summed E-state index contributed by atoms with van der Waals surface area (Å²) in [5.41, 5.74) is 1.14. The highest BCUT2D eigenvalue weighted by Crippen LogP contribution is 2.46. The highest BCUT2D eigenvalue weighted by atomic mass is 15.1. The van der Waals surface area contributed by atoms with Gasteiger partial charge in [-0.1, -0.05) is 0 Å². The van der Waals surface area contributed by atoms with Crippen LogP contribution in [-0.2, 0) is 0 Å². The molecule has 20 heavy (non-hydrogen) atoms. The molecule has 0 amide bonds. The topological polar surface area (TPSA) is 42.7 Å². The first-order chi connectivity index (χ1) is 9.83. The molecule has 2 aliphatic carbocycles. The van der Waals surface area contributed by atoms with Crippen LogP contribution in [0.5, 0.6) is 0 Å². The average Bonchev–Trinajstić information content (AvgIpc) is 3.36. The molecule has 104 valence electrons. The van der Waals surface area contributed by atoms with Crippen LogP contribution in [0.25, 0.3) is 5.82 Å². The van der Waals surface area contributed by atoms with Crippen molar-refractivity contribution in [1.82, 2.24) is 14.5 Å². The van der Waals surface area contributed by atoms with Crippen LogP contribution in [0.2, 0.25) is 0 Å². The van der Waals surface area contributed by atoms with Crippen molar-refractivity contribution in [2.24, 2.45) is 11.8 Å². The molecular weight excluding hydrogens is 248 g/mol. The molecule has 2 saturated carbocycles. The van der Waals surface area contributed by atoms with Crippen molar-refractivity contribution < 1.29 is 0 Å². The van der Waals surface area contributed by atoms with Crippen LogP contribution in [0, 0.1) is 18.8 Å². The van der Waals surface area contributed by atoms with Crippen LogP contribution in [0.15, 0.2) is 30.7 Å². The molecule has 0 saturated heterocycles. The number of rotatable bonds is 5. The van der Waals surface area contributed by atoms with Crippen LogP contribution in [0.1, 0.15) is 31.5 Å². The zero-order valence-corrected chi connectivity index (χ0v) is 11.8. The van der Waals surface area contributed by atoms with E-state index in [0.717, 1.165) is 29.2 Å². The Balaban J connectivity index is 1.66. The Hall–Kier alpha value is -1.84. The molecule has 2 fully saturated rings. The van der Waals surface area contributed by atoms with E-state index in [-0.39, 0.29) is 0 Å². The second kappa shape index (κ2) is 4.62. The van der Waals surface area contributed by atoms with Gasteiger partial charge in [-0.2, -0.15) is 0 Å². The molecule has 0 aromatic carbocycles. The van der Waals surface area contributed by atoms with Gasteiger partial charge in [0.25, 0.3) is 0 Å². The number of nitrogens with one attached hydrogen (secondary N) is 1. The lowest BCUT2D eigenvalue weighted by Gasteiger charge is -2.21. The molecule has 2 aromatic rings. The van der Waals surface area contributed by atoms with Crippen LogP contribution >= 0.6 is 0 Å². The molecule has 2 aliphatic rings. The maximum absolute atomic E-state index is 4.55. The van der Waals surface area contributed by atoms with Gasteiger partial charge in [0.15, 0.2) is 5.82 Å². The Labute approximate surface area is 119 Å². The van der Waals surface area contributed by atoms with Gasteiger partial charge in [-0.25, -0.2) is 9.97 Å². The smallest absolute Gasteiger partial charge is 0.161 e. The monoisotopic (exact) mass is 268 g/mol. The minimum Gasteiger partial charge on any atom is -0.379 e. The summed E-state index contributed by atoms with van der Waals surface area (Å²) < 4.78 is 2.05. The summed E-state index contributed by atoms with van der Waals surface area (Å²) in [7, 11) is 0. The Morgan fingerprint density at radius 2 is 1.90 bits per heavy atom. The third-order valence-electron chi connectivity index (χ3n) is 4.42. The number of imidazole rings is 1. The van der Waals surface area contributed by atoms with Crippen molar-refractivity contribution >= 4 is 5.69 Å². The summed E-state index contributed by atoms with van der Waals surface area (Å²) in [6.07, 6.45) is 11.2. The lowest BCUT2D eigenvalue weighted by molar-refractivity contribution is 0.567. The minimum absolute atomic E-state index is 0.641. The highest BCUT2D eigenvalue weighted by molar-refractivity contribution is 5.58. The van der Waals surface area contributed by atoms with E-state index < -0.39 is 0 Å². The van der Waals surface area contributed by atoms with Crippen molar-refractivity contribution in [1.29, 1.82) is 0 Å². The second-order valence-electron chi connectivity index (χ2n) is 6.06. The van der Waals surface area contributed by atoms with E-state index in [1.807, 2.05) is 31.6 Å². The number of nitrogens with zero attached hydrogens (tertiary/aromatic N) is 3. The molecule has 4 rings (SSSR count). The molecule has 4 heteroatoms. The van der Waals surface area contributed by atoms with Gasteiger partial charge in [0.1, 0.15) is 5.82 Å². The van der Waals surface area contributed by atoms with Gasteiger partial charge in [-0.3, -0.25) is 4.57 Å². The quantitative estimate of drug-likeness (QED) is 0.905. The predicted octanol–water partition coefficient (Wildman–Crippen LogP) is 3.18. The van der Waals surface area contributed by atoms with Crippen molar-refractivity contribution in [2.45, 2.75) is 38.6 Å². The fourth-order valence-corrected chi connectivity index (χ4v) is 3.01. The first-order valence-corrected chi connectivity index (χ1v) is 7.55. The number of aryl methyl sites for hydroxylation is 1. The number of hydrogen-bond donors (Lipinski definition) is 1. The van der Waals surface area contributed by atoms with E-state index >= 15 is 0 Å². The van der Waals surface area contributed by atoms with Gasteiger partial charge >= 0.3 is 0 Å². The fourth-order valence-electron chi connectivity index (χ4n) is 3.01. The molecule has 0 radical (unpaired) electrons. The molecular formula is C16H20N4. The first kappa shape index (κ1) is 11.9. The van der Waals surface area contributed by atoms with E-state index in [1.54, 1.807) is 0 Å². The molecule has 0 bridgehead atoms. The SMILES string of the molecule is Cc1nccn1-c1ncccc1NC(C1CC1)C1CC1. The Bertz CT molecular complexity index is 598. The molecule has 0 atom stereocenters. The van der Waals surface area contributed by atoms with Crippen LogP contribution in [-0.4, -0.2) is 20.6 Å². The zero-order chi connectivity index (χ0) is 13.5. The molecule has 2 heterocycles. The maximum atomic E-state index is 4.55. The summed E-state index contributed by atoms with van der Waals surface area (Å²) >= 11 is 0. The second-order valence-corrected chi connectivity index (χ2v) is 6.06. The van der Waals surface area contributed by atoms with Crippen LogP contribution in [0.4, 0.5) is 5.69 Å². The van der Waals surface area contributed by atoms with Crippen LogP contribution in [0.3, 0.4) is 0 Å². The summed E-state index contributed by atoms with van der Waals surface area (Å²) in [6, 6.07) is 4.79. The molecule has 4 nitrogen and oxygen atoms in total. The fraction of sp³-hybridized carbons (Fsp3) is 0.500. The number of pyridine rings is 1. The molecule has 0 aliphatic heterocycles. The normalized spacial score (nSPS) is 18.5. The van der Waals surface area contributed by atoms with Crippen molar-refractivity contribution in [2.75, 3.05) is 5.32 Å². The first-order valence-electron chi connectivity index (χ1n) is 7.55. The molecule has 2 aromatic heterocycles. The number of anilines is 1. The standard InChI is InChI=1S/C16H20N4/c1-11-17-9-10-20(11)16-14(3-2-8-18-16)19-15(12-4-5-12)13-6-7-13/h2-3,8-10,12-13,15,19H,4-7H2,1H3. The van der Waals surface area contributed by atoms with Gasteiger partial charge in [-0.15, -0.1) is 0 Å². The minimum atomic E-state index is 0.641. The number of aromatic nitrogens is 3. The van der Waals surface area contributed by atoms with Crippen molar-refractivity contribution in [3.8, 4) is 5.82 Å². The summed E-state index contributed by atoms with van der Waals surface area (Å²) in [4.78, 5) is 8.86. The Kier molecular flexibility index (Phi) is 2.76. The average molecular weight is 268 g/mol. The van der Waals surface area contributed by atoms with Gasteiger partial charge < -0.3 is 5.32 Å². The van der Waals surface area contributed by atoms with E-state index in [9.17, 15) is 0 Å². The predicted molar refractivity (Wildman–Crippen MR) is 79.0 cm³/mol. The number of hydrogen-bond acceptors (Lipinski definition) is 3. The van der Waals surface area contributed by atoms with E-state index in [1.165, 1.54) is 25.7 Å². The summed E-state index contributed by atoms with van der Waals surface area (Å²) in [6.45, 7) is 2.01. The zero-order valence-electron chi connectivity index (χ0n) is 11.8. The molecule has 1 N–H and O–H groups in total. The van der Waals surface area contributed by atoms with E-state index in [0.29, 0.717) is 6.04 Å². The third-order valence-corrected chi connectivity index (χ3v) is 4.42. The van der Waals surface area contributed by atoms with Gasteiger partial charge in [0.05, 0.1) is 5.69 Å². The van der Waals surface area contributed by atoms with Crippen LogP contribution < -0.4 is 5.32 Å². The highest BCUT2D eigenvalue weighted by Gasteiger charge is 2.41. The maximum Gasteiger partial charge on any atom is 0.161 e. The largest absolute Gasteiger partial charge is 0.379 e. The van der Waals surface area contributed by atoms with Gasteiger partial charge in [-0.05, 0) is 56.6 Å².